The van der Waals surface area contributed by atoms with Crippen LogP contribution in [0.2, 0.25) is 0 Å². The van der Waals surface area contributed by atoms with Crippen molar-refractivity contribution in [2.75, 3.05) is 5.32 Å². The molecule has 1 aliphatic heterocycles. The molecule has 0 radical (unpaired) electrons. The molecular formula is C59H66N4O6. The molecule has 2 heterocycles. The van der Waals surface area contributed by atoms with Gasteiger partial charge in [-0.25, -0.2) is 14.6 Å². The number of amidine groups is 1. The lowest BCUT2D eigenvalue weighted by molar-refractivity contribution is -0.152. The Kier molecular flexibility index (Phi) is 14.4. The second kappa shape index (κ2) is 20.4. The third kappa shape index (κ3) is 10.5. The van der Waals surface area contributed by atoms with Gasteiger partial charge < -0.3 is 25.1 Å². The van der Waals surface area contributed by atoms with Gasteiger partial charge in [0, 0.05) is 22.3 Å². The van der Waals surface area contributed by atoms with Gasteiger partial charge in [0.25, 0.3) is 11.8 Å². The number of aromatic amines is 1. The number of hydrogen-bond acceptors (Lipinski definition) is 7. The van der Waals surface area contributed by atoms with Crippen LogP contribution in [0.25, 0.3) is 22.8 Å². The van der Waals surface area contributed by atoms with E-state index in [9.17, 15) is 9.59 Å². The lowest BCUT2D eigenvalue weighted by atomic mass is 9.75. The van der Waals surface area contributed by atoms with E-state index in [-0.39, 0.29) is 58.7 Å². The summed E-state index contributed by atoms with van der Waals surface area (Å²) in [5.41, 5.74) is 7.79. The summed E-state index contributed by atoms with van der Waals surface area (Å²) in [6.45, 7) is 20.7. The van der Waals surface area contributed by atoms with Gasteiger partial charge in [0.05, 0.1) is 11.4 Å². The van der Waals surface area contributed by atoms with E-state index >= 15 is 9.59 Å². The summed E-state index contributed by atoms with van der Waals surface area (Å²) in [7, 11) is 0. The molecule has 8 rings (SSSR count). The summed E-state index contributed by atoms with van der Waals surface area (Å²) in [4.78, 5) is 67.3. The van der Waals surface area contributed by atoms with Crippen molar-refractivity contribution in [1.29, 1.82) is 0 Å². The van der Waals surface area contributed by atoms with Gasteiger partial charge in [0.1, 0.15) is 35.0 Å². The maximum Gasteiger partial charge on any atom is 0.342 e. The fourth-order valence-corrected chi connectivity index (χ4v) is 11.4. The van der Waals surface area contributed by atoms with E-state index in [1.54, 1.807) is 18.2 Å². The number of carbonyl (C=O) groups is 4. The number of carbonyl (C=O) groups excluding carboxylic acids is 4. The Labute approximate surface area is 407 Å². The minimum atomic E-state index is -0.597. The minimum Gasteiger partial charge on any atom is -0.458 e. The first-order valence-corrected chi connectivity index (χ1v) is 24.6. The number of allylic oxidation sites excluding steroid dienone is 1. The smallest absolute Gasteiger partial charge is 0.342 e. The topological polar surface area (TPSA) is 139 Å². The molecule has 358 valence electrons. The average Bonchev–Trinajstić information content (AvgIpc) is 3.83. The monoisotopic (exact) mass is 926 g/mol. The molecule has 10 heteroatoms. The molecule has 1 aromatic heterocycles. The first kappa shape index (κ1) is 48.6. The highest BCUT2D eigenvalue weighted by Gasteiger charge is 2.40. The van der Waals surface area contributed by atoms with Crippen molar-refractivity contribution in [2.45, 2.75) is 107 Å². The molecule has 5 aromatic rings. The van der Waals surface area contributed by atoms with Gasteiger partial charge in [0.15, 0.2) is 0 Å². The van der Waals surface area contributed by atoms with Crippen LogP contribution in [-0.2, 0) is 14.3 Å². The molecule has 4 unspecified atom stereocenters. The highest BCUT2D eigenvalue weighted by molar-refractivity contribution is 6.32. The number of anilines is 1. The Morgan fingerprint density at radius 3 is 1.55 bits per heavy atom. The Balaban J connectivity index is 1.34. The Morgan fingerprint density at radius 2 is 1.06 bits per heavy atom. The van der Waals surface area contributed by atoms with Crippen LogP contribution in [0, 0.1) is 63.2 Å². The standard InChI is InChI=1S/C59H66N4O6/c1-32-21-23-44(36(5)25-32)56(64)62-54-50(58(66)68-52-38(7)27-34(3)28-39(52)8)48(42-17-13-11-14-18-42)46(60-54)31-47-49(43-19-15-12-16-20-43)51(59(67)69-53-40(9)29-35(4)30-41(53)10)55(61-47)63-57(65)45-24-22-33(2)26-37(45)6/h11-26,31,34-35,38-41,52-53,60H,27-30H2,1-10H3,(H,62,64)(H,61,63,65)/b47-31-. The zero-order valence-electron chi connectivity index (χ0n) is 41.7. The number of nitrogens with zero attached hydrogens (tertiary/aromatic N) is 1. The Morgan fingerprint density at radius 1 is 0.594 bits per heavy atom. The Hall–Kier alpha value is -6.81. The first-order valence-electron chi connectivity index (χ1n) is 24.6. The van der Waals surface area contributed by atoms with Crippen LogP contribution in [0.1, 0.15) is 132 Å². The maximum atomic E-state index is 15.1. The number of H-pyrrole nitrogens is 1. The molecule has 2 saturated carbocycles. The van der Waals surface area contributed by atoms with Gasteiger partial charge in [-0.3, -0.25) is 9.59 Å². The van der Waals surface area contributed by atoms with Gasteiger partial charge in [0.2, 0.25) is 0 Å². The number of aryl methyl sites for hydroxylation is 4. The third-order valence-corrected chi connectivity index (χ3v) is 14.4. The van der Waals surface area contributed by atoms with Crippen LogP contribution >= 0.6 is 0 Å². The number of esters is 2. The lowest BCUT2D eigenvalue weighted by Gasteiger charge is -2.37. The molecule has 10 nitrogen and oxygen atoms in total. The van der Waals surface area contributed by atoms with Crippen molar-refractivity contribution in [3.05, 3.63) is 159 Å². The molecule has 3 aliphatic rings. The van der Waals surface area contributed by atoms with E-state index in [0.717, 1.165) is 47.9 Å². The largest absolute Gasteiger partial charge is 0.458 e. The average molecular weight is 927 g/mol. The van der Waals surface area contributed by atoms with Crippen molar-refractivity contribution in [3.8, 4) is 11.1 Å². The summed E-state index contributed by atoms with van der Waals surface area (Å²) in [6, 6.07) is 30.1. The van der Waals surface area contributed by atoms with Crippen molar-refractivity contribution in [1.82, 2.24) is 10.3 Å². The molecule has 0 spiro atoms. The maximum absolute atomic E-state index is 15.1. The number of ether oxygens (including phenoxy) is 2. The molecule has 69 heavy (non-hydrogen) atoms. The van der Waals surface area contributed by atoms with E-state index < -0.39 is 23.8 Å². The molecule has 2 aliphatic carbocycles. The van der Waals surface area contributed by atoms with E-state index in [0.29, 0.717) is 56.6 Å². The fraction of sp³-hybridized carbons (Fsp3) is 0.373. The zero-order valence-corrected chi connectivity index (χ0v) is 41.7. The second-order valence-corrected chi connectivity index (χ2v) is 20.5. The van der Waals surface area contributed by atoms with Crippen LogP contribution in [0.3, 0.4) is 0 Å². The quantitative estimate of drug-likeness (QED) is 0.119. The number of amides is 2. The zero-order chi connectivity index (χ0) is 49.3. The van der Waals surface area contributed by atoms with Crippen LogP contribution in [-0.4, -0.2) is 46.8 Å². The van der Waals surface area contributed by atoms with Gasteiger partial charge in [-0.2, -0.15) is 0 Å². The lowest BCUT2D eigenvalue weighted by Crippen LogP contribution is -2.40. The van der Waals surface area contributed by atoms with Crippen molar-refractivity contribution >= 4 is 47.1 Å². The van der Waals surface area contributed by atoms with Gasteiger partial charge in [-0.1, -0.05) is 138 Å². The van der Waals surface area contributed by atoms with E-state index in [4.69, 9.17) is 14.5 Å². The van der Waals surface area contributed by atoms with Gasteiger partial charge in [-0.05, 0) is 129 Å². The minimum absolute atomic E-state index is 0.0462. The molecule has 3 N–H and O–H groups in total. The molecule has 2 amide bonds. The van der Waals surface area contributed by atoms with Crippen LogP contribution in [0.15, 0.2) is 113 Å². The normalized spacial score (nSPS) is 24.1. The summed E-state index contributed by atoms with van der Waals surface area (Å²) >= 11 is 0. The number of aliphatic imine (C=N–C) groups is 1. The highest BCUT2D eigenvalue weighted by atomic mass is 16.5. The number of rotatable bonds is 10. The van der Waals surface area contributed by atoms with Crippen molar-refractivity contribution < 1.29 is 28.7 Å². The first-order chi connectivity index (χ1) is 33.0. The second-order valence-electron chi connectivity index (χ2n) is 20.5. The SMILES string of the molecule is Cc1ccc(C(=O)NC2=N/C(=C\c3[nH]c(NC(=O)c4ccc(C)cc4C)c(C(=O)OC4C(C)CC(C)CC4C)c3-c3ccccc3)C(c3ccccc3)=C2C(=O)OC2C(C)CC(C)CC2C)c(C)c1. The number of nitrogens with one attached hydrogen (secondary N) is 3. The number of aromatic nitrogens is 1. The highest BCUT2D eigenvalue weighted by Crippen LogP contribution is 2.43. The fourth-order valence-electron chi connectivity index (χ4n) is 11.4. The van der Waals surface area contributed by atoms with E-state index in [1.807, 2.05) is 113 Å². The summed E-state index contributed by atoms with van der Waals surface area (Å²) in [6.07, 6.45) is 4.76. The Bertz CT molecular complexity index is 2850. The van der Waals surface area contributed by atoms with Crippen molar-refractivity contribution in [2.24, 2.45) is 40.5 Å². The predicted molar refractivity (Wildman–Crippen MR) is 275 cm³/mol. The molecule has 0 saturated heterocycles. The molecule has 0 bridgehead atoms. The molecule has 2 fully saturated rings. The predicted octanol–water partition coefficient (Wildman–Crippen LogP) is 12.6. The van der Waals surface area contributed by atoms with Crippen molar-refractivity contribution in [3.63, 3.8) is 0 Å². The van der Waals surface area contributed by atoms with Crippen LogP contribution < -0.4 is 10.6 Å². The summed E-state index contributed by atoms with van der Waals surface area (Å²) < 4.78 is 13.1. The van der Waals surface area contributed by atoms with Crippen LogP contribution in [0.5, 0.6) is 0 Å². The summed E-state index contributed by atoms with van der Waals surface area (Å²) in [5, 5.41) is 6.11. The number of hydrogen-bond donors (Lipinski definition) is 3. The third-order valence-electron chi connectivity index (χ3n) is 14.4. The molecule has 4 atom stereocenters. The summed E-state index contributed by atoms with van der Waals surface area (Å²) in [5.74, 6) is -0.345. The molecule has 4 aromatic carbocycles. The molecular weight excluding hydrogens is 861 g/mol. The van der Waals surface area contributed by atoms with E-state index in [2.05, 4.69) is 57.2 Å². The van der Waals surface area contributed by atoms with Gasteiger partial charge >= 0.3 is 11.9 Å². The van der Waals surface area contributed by atoms with Gasteiger partial charge in [-0.15, -0.1) is 0 Å². The van der Waals surface area contributed by atoms with E-state index in [1.165, 1.54) is 0 Å². The van der Waals surface area contributed by atoms with Crippen LogP contribution in [0.4, 0.5) is 5.82 Å². The number of benzene rings is 4.